The zero-order valence-electron chi connectivity index (χ0n) is 16.7. The van der Waals surface area contributed by atoms with Crippen LogP contribution in [0.25, 0.3) is 0 Å². The summed E-state index contributed by atoms with van der Waals surface area (Å²) >= 11 is 3.49. The van der Waals surface area contributed by atoms with E-state index in [2.05, 4.69) is 47.2 Å². The number of benzene rings is 2. The van der Waals surface area contributed by atoms with E-state index in [1.54, 1.807) is 32.4 Å². The molecule has 0 atom stereocenters. The summed E-state index contributed by atoms with van der Waals surface area (Å²) in [5, 5.41) is 3.94. The predicted octanol–water partition coefficient (Wildman–Crippen LogP) is 4.29. The van der Waals surface area contributed by atoms with Crippen LogP contribution in [-0.4, -0.2) is 32.9 Å². The first-order valence-electron chi connectivity index (χ1n) is 8.71. The van der Waals surface area contributed by atoms with Crippen LogP contribution in [0.5, 0.6) is 17.2 Å². The molecule has 0 aromatic heterocycles. The second kappa shape index (κ2) is 9.59. The highest BCUT2D eigenvalue weighted by atomic mass is 79.9. The quantitative estimate of drug-likeness (QED) is 0.506. The number of hydrogen-bond acceptors (Lipinski definition) is 5. The largest absolute Gasteiger partial charge is 0.493 e. The van der Waals surface area contributed by atoms with Crippen LogP contribution in [0.1, 0.15) is 31.9 Å². The molecule has 2 aromatic rings. The van der Waals surface area contributed by atoms with E-state index in [4.69, 9.17) is 14.2 Å². The van der Waals surface area contributed by atoms with Crippen molar-refractivity contribution in [2.75, 3.05) is 20.8 Å². The SMILES string of the molecule is COc1ccc(C=NNC(=O)COc2ccc(C(C)(C)C)cc2Br)cc1OC. The first-order valence-corrected chi connectivity index (χ1v) is 9.50. The molecule has 0 fully saturated rings. The molecule has 0 radical (unpaired) electrons. The van der Waals surface area contributed by atoms with Crippen LogP contribution < -0.4 is 19.6 Å². The van der Waals surface area contributed by atoms with Crippen molar-refractivity contribution in [3.8, 4) is 17.2 Å². The van der Waals surface area contributed by atoms with E-state index in [0.29, 0.717) is 17.2 Å². The van der Waals surface area contributed by atoms with E-state index in [1.165, 1.54) is 11.8 Å². The van der Waals surface area contributed by atoms with Crippen LogP contribution in [0, 0.1) is 0 Å². The molecule has 0 aliphatic carbocycles. The molecule has 2 aromatic carbocycles. The number of nitrogens with one attached hydrogen (secondary N) is 1. The van der Waals surface area contributed by atoms with Crippen molar-refractivity contribution in [3.63, 3.8) is 0 Å². The molecule has 0 aliphatic rings. The van der Waals surface area contributed by atoms with Gasteiger partial charge >= 0.3 is 0 Å². The highest BCUT2D eigenvalue weighted by Gasteiger charge is 2.15. The van der Waals surface area contributed by atoms with Gasteiger partial charge in [0.2, 0.25) is 0 Å². The molecule has 0 unspecified atom stereocenters. The van der Waals surface area contributed by atoms with E-state index < -0.39 is 0 Å². The molecule has 0 saturated carbocycles. The Morgan fingerprint density at radius 3 is 2.36 bits per heavy atom. The molecular formula is C21H25BrN2O4. The van der Waals surface area contributed by atoms with E-state index in [9.17, 15) is 4.79 Å². The van der Waals surface area contributed by atoms with Crippen LogP contribution >= 0.6 is 15.9 Å². The summed E-state index contributed by atoms with van der Waals surface area (Å²) in [6.07, 6.45) is 1.52. The lowest BCUT2D eigenvalue weighted by molar-refractivity contribution is -0.123. The number of carbonyl (C=O) groups excluding carboxylic acids is 1. The first kappa shape index (κ1) is 21.8. The Morgan fingerprint density at radius 1 is 1.07 bits per heavy atom. The summed E-state index contributed by atoms with van der Waals surface area (Å²) in [7, 11) is 3.13. The number of hydrogen-bond donors (Lipinski definition) is 1. The van der Waals surface area contributed by atoms with Gasteiger partial charge in [0.1, 0.15) is 5.75 Å². The molecule has 2 rings (SSSR count). The third-order valence-corrected chi connectivity index (χ3v) is 4.59. The molecule has 1 amide bonds. The summed E-state index contributed by atoms with van der Waals surface area (Å²) in [6.45, 7) is 6.27. The fourth-order valence-electron chi connectivity index (χ4n) is 2.37. The number of ether oxygens (including phenoxy) is 3. The molecular weight excluding hydrogens is 424 g/mol. The van der Waals surface area contributed by atoms with Crippen LogP contribution in [0.15, 0.2) is 46.0 Å². The summed E-state index contributed by atoms with van der Waals surface area (Å²) < 4.78 is 16.8. The lowest BCUT2D eigenvalue weighted by Gasteiger charge is -2.20. The normalized spacial score (nSPS) is 11.4. The van der Waals surface area contributed by atoms with Gasteiger partial charge in [0.15, 0.2) is 18.1 Å². The van der Waals surface area contributed by atoms with Gasteiger partial charge in [0.05, 0.1) is 24.9 Å². The van der Waals surface area contributed by atoms with Crippen molar-refractivity contribution in [1.29, 1.82) is 0 Å². The van der Waals surface area contributed by atoms with E-state index in [0.717, 1.165) is 10.0 Å². The van der Waals surface area contributed by atoms with Crippen molar-refractivity contribution < 1.29 is 19.0 Å². The molecule has 0 bridgehead atoms. The lowest BCUT2D eigenvalue weighted by Crippen LogP contribution is -2.24. The average molecular weight is 449 g/mol. The lowest BCUT2D eigenvalue weighted by atomic mass is 9.87. The Bertz CT molecular complexity index is 860. The minimum absolute atomic E-state index is 0.0390. The molecule has 0 aliphatic heterocycles. The third-order valence-electron chi connectivity index (χ3n) is 3.97. The minimum atomic E-state index is -0.358. The fourth-order valence-corrected chi connectivity index (χ4v) is 2.87. The standard InChI is InChI=1S/C21H25BrN2O4/c1-21(2,3)15-7-9-17(16(22)11-15)28-13-20(25)24-23-12-14-6-8-18(26-4)19(10-14)27-5/h6-12H,13H2,1-5H3,(H,24,25). The van der Waals surface area contributed by atoms with Crippen LogP contribution in [0.4, 0.5) is 0 Å². The second-order valence-corrected chi connectivity index (χ2v) is 7.95. The topological polar surface area (TPSA) is 69.2 Å². The molecule has 0 spiro atoms. The summed E-state index contributed by atoms with van der Waals surface area (Å²) in [4.78, 5) is 12.0. The number of rotatable bonds is 7. The number of nitrogens with zero attached hydrogens (tertiary/aromatic N) is 1. The first-order chi connectivity index (χ1) is 13.2. The van der Waals surface area contributed by atoms with E-state index >= 15 is 0 Å². The number of carbonyl (C=O) groups is 1. The minimum Gasteiger partial charge on any atom is -0.493 e. The van der Waals surface area contributed by atoms with Gasteiger partial charge < -0.3 is 14.2 Å². The van der Waals surface area contributed by atoms with Gasteiger partial charge in [-0.25, -0.2) is 5.43 Å². The Balaban J connectivity index is 1.90. The van der Waals surface area contributed by atoms with Crippen molar-refractivity contribution in [3.05, 3.63) is 52.0 Å². The Kier molecular flexibility index (Phi) is 7.45. The van der Waals surface area contributed by atoms with Crippen molar-refractivity contribution in [1.82, 2.24) is 5.43 Å². The zero-order chi connectivity index (χ0) is 20.7. The summed E-state index contributed by atoms with van der Waals surface area (Å²) in [5.41, 5.74) is 4.42. The fraction of sp³-hybridized carbons (Fsp3) is 0.333. The molecule has 150 valence electrons. The number of methoxy groups -OCH3 is 2. The smallest absolute Gasteiger partial charge is 0.277 e. The van der Waals surface area contributed by atoms with Crippen molar-refractivity contribution in [2.45, 2.75) is 26.2 Å². The van der Waals surface area contributed by atoms with Gasteiger partial charge in [0, 0.05) is 0 Å². The highest BCUT2D eigenvalue weighted by molar-refractivity contribution is 9.10. The maximum Gasteiger partial charge on any atom is 0.277 e. The maximum absolute atomic E-state index is 12.0. The third kappa shape index (κ3) is 5.99. The molecule has 6 nitrogen and oxygen atoms in total. The second-order valence-electron chi connectivity index (χ2n) is 7.09. The van der Waals surface area contributed by atoms with Crippen LogP contribution in [0.2, 0.25) is 0 Å². The van der Waals surface area contributed by atoms with Gasteiger partial charge in [-0.2, -0.15) is 5.10 Å². The zero-order valence-corrected chi connectivity index (χ0v) is 18.3. The molecule has 7 heteroatoms. The van der Waals surface area contributed by atoms with E-state index in [1.807, 2.05) is 18.2 Å². The van der Waals surface area contributed by atoms with Gasteiger partial charge in [-0.05, 0) is 62.8 Å². The highest BCUT2D eigenvalue weighted by Crippen LogP contribution is 2.31. The number of hydrazone groups is 1. The Morgan fingerprint density at radius 2 is 1.75 bits per heavy atom. The van der Waals surface area contributed by atoms with Crippen LogP contribution in [-0.2, 0) is 10.2 Å². The van der Waals surface area contributed by atoms with Crippen molar-refractivity contribution >= 4 is 28.1 Å². The van der Waals surface area contributed by atoms with Crippen molar-refractivity contribution in [2.24, 2.45) is 5.10 Å². The Hall–Kier alpha value is -2.54. The monoisotopic (exact) mass is 448 g/mol. The summed E-state index contributed by atoms with van der Waals surface area (Å²) in [6, 6.07) is 11.2. The number of halogens is 1. The molecule has 0 saturated heterocycles. The number of amides is 1. The van der Waals surface area contributed by atoms with Gasteiger partial charge in [0.25, 0.3) is 5.91 Å². The Labute approximate surface area is 174 Å². The van der Waals surface area contributed by atoms with E-state index in [-0.39, 0.29) is 17.9 Å². The maximum atomic E-state index is 12.0. The molecule has 1 N–H and O–H groups in total. The summed E-state index contributed by atoms with van der Waals surface area (Å²) in [5.74, 6) is 1.46. The average Bonchev–Trinajstić information content (AvgIpc) is 2.66. The van der Waals surface area contributed by atoms with Gasteiger partial charge in [-0.15, -0.1) is 0 Å². The van der Waals surface area contributed by atoms with Crippen LogP contribution in [0.3, 0.4) is 0 Å². The predicted molar refractivity (Wildman–Crippen MR) is 114 cm³/mol. The molecule has 28 heavy (non-hydrogen) atoms. The van der Waals surface area contributed by atoms with Gasteiger partial charge in [-0.3, -0.25) is 4.79 Å². The van der Waals surface area contributed by atoms with Gasteiger partial charge in [-0.1, -0.05) is 26.8 Å². The molecule has 0 heterocycles.